The molecule has 2 rings (SSSR count). The molecule has 0 unspecified atom stereocenters. The molecule has 0 aliphatic heterocycles. The van der Waals surface area contributed by atoms with E-state index >= 15 is 0 Å². The number of alkyl halides is 1. The van der Waals surface area contributed by atoms with Crippen LogP contribution >= 0.6 is 11.6 Å². The van der Waals surface area contributed by atoms with Crippen molar-refractivity contribution in [2.45, 2.75) is 5.88 Å². The molecule has 0 saturated carbocycles. The minimum absolute atomic E-state index is 0.284. The van der Waals surface area contributed by atoms with Crippen LogP contribution in [-0.2, 0) is 5.88 Å². The zero-order valence-electron chi connectivity index (χ0n) is 10.9. The van der Waals surface area contributed by atoms with E-state index in [0.717, 1.165) is 22.7 Å². The number of benzene rings is 2. The van der Waals surface area contributed by atoms with Gasteiger partial charge in [-0.25, -0.2) is 4.39 Å². The molecule has 0 atom stereocenters. The predicted molar refractivity (Wildman–Crippen MR) is 77.0 cm³/mol. The van der Waals surface area contributed by atoms with E-state index < -0.39 is 0 Å². The number of halogens is 2. The Hall–Kier alpha value is -1.74. The normalized spacial score (nSPS) is 10.3. The van der Waals surface area contributed by atoms with E-state index in [2.05, 4.69) is 0 Å². The number of hydrogen-bond acceptors (Lipinski definition) is 2. The second kappa shape index (κ2) is 5.93. The number of anilines is 2. The van der Waals surface area contributed by atoms with E-state index in [-0.39, 0.29) is 5.82 Å². The zero-order chi connectivity index (χ0) is 13.8. The molecular formula is C15H15ClFNO. The maximum atomic E-state index is 13.5. The van der Waals surface area contributed by atoms with Crippen molar-refractivity contribution in [1.29, 1.82) is 0 Å². The van der Waals surface area contributed by atoms with Gasteiger partial charge in [-0.1, -0.05) is 0 Å². The summed E-state index contributed by atoms with van der Waals surface area (Å²) in [5, 5.41) is 0. The van der Waals surface area contributed by atoms with Crippen molar-refractivity contribution in [3.63, 3.8) is 0 Å². The average molecular weight is 280 g/mol. The number of nitrogens with zero attached hydrogens (tertiary/aromatic N) is 1. The fourth-order valence-electron chi connectivity index (χ4n) is 1.86. The highest BCUT2D eigenvalue weighted by Gasteiger charge is 2.07. The lowest BCUT2D eigenvalue weighted by atomic mass is 10.2. The molecule has 0 bridgehead atoms. The molecule has 0 fully saturated rings. The highest BCUT2D eigenvalue weighted by Crippen LogP contribution is 2.27. The smallest absolute Gasteiger partial charge is 0.125 e. The van der Waals surface area contributed by atoms with Crippen molar-refractivity contribution in [2.75, 3.05) is 19.1 Å². The number of methoxy groups -OCH3 is 1. The van der Waals surface area contributed by atoms with Crippen molar-refractivity contribution < 1.29 is 9.13 Å². The van der Waals surface area contributed by atoms with Gasteiger partial charge in [-0.3, -0.25) is 0 Å². The van der Waals surface area contributed by atoms with Gasteiger partial charge in [0.25, 0.3) is 0 Å². The SMILES string of the molecule is COc1ccc(N(C)c2cc(F)cc(CCl)c2)cc1. The summed E-state index contributed by atoms with van der Waals surface area (Å²) >= 11 is 5.76. The van der Waals surface area contributed by atoms with Crippen molar-refractivity contribution in [2.24, 2.45) is 0 Å². The van der Waals surface area contributed by atoms with Crippen molar-refractivity contribution in [3.05, 3.63) is 53.8 Å². The monoisotopic (exact) mass is 279 g/mol. The molecule has 0 aliphatic carbocycles. The van der Waals surface area contributed by atoms with Crippen LogP contribution in [-0.4, -0.2) is 14.2 Å². The molecule has 0 saturated heterocycles. The van der Waals surface area contributed by atoms with Gasteiger partial charge in [0.1, 0.15) is 11.6 Å². The Morgan fingerprint density at radius 3 is 2.37 bits per heavy atom. The molecule has 0 heterocycles. The summed E-state index contributed by atoms with van der Waals surface area (Å²) in [6, 6.07) is 12.4. The van der Waals surface area contributed by atoms with Gasteiger partial charge in [0, 0.05) is 24.3 Å². The molecule has 100 valence electrons. The molecule has 0 amide bonds. The summed E-state index contributed by atoms with van der Waals surface area (Å²) in [7, 11) is 3.51. The van der Waals surface area contributed by atoms with Gasteiger partial charge in [-0.2, -0.15) is 0 Å². The van der Waals surface area contributed by atoms with Crippen LogP contribution in [0, 0.1) is 5.82 Å². The topological polar surface area (TPSA) is 12.5 Å². The lowest BCUT2D eigenvalue weighted by Gasteiger charge is -2.20. The third kappa shape index (κ3) is 3.18. The van der Waals surface area contributed by atoms with E-state index in [1.165, 1.54) is 12.1 Å². The van der Waals surface area contributed by atoms with E-state index in [4.69, 9.17) is 16.3 Å². The van der Waals surface area contributed by atoms with Gasteiger partial charge in [0.05, 0.1) is 7.11 Å². The van der Waals surface area contributed by atoms with Gasteiger partial charge in [0.15, 0.2) is 0 Å². The molecule has 0 N–H and O–H groups in total. The Labute approximate surface area is 117 Å². The first-order valence-corrected chi connectivity index (χ1v) is 6.40. The van der Waals surface area contributed by atoms with Crippen LogP contribution in [0.1, 0.15) is 5.56 Å². The quantitative estimate of drug-likeness (QED) is 0.772. The fourth-order valence-corrected chi connectivity index (χ4v) is 2.01. The van der Waals surface area contributed by atoms with Crippen LogP contribution in [0.2, 0.25) is 0 Å². The first-order chi connectivity index (χ1) is 9.13. The second-order valence-electron chi connectivity index (χ2n) is 4.21. The van der Waals surface area contributed by atoms with E-state index in [0.29, 0.717) is 5.88 Å². The van der Waals surface area contributed by atoms with Crippen molar-refractivity contribution in [1.82, 2.24) is 0 Å². The molecule has 0 radical (unpaired) electrons. The summed E-state index contributed by atoms with van der Waals surface area (Å²) in [5.74, 6) is 0.799. The van der Waals surface area contributed by atoms with Gasteiger partial charge in [-0.15, -0.1) is 11.6 Å². The van der Waals surface area contributed by atoms with Crippen LogP contribution in [0.15, 0.2) is 42.5 Å². The molecule has 4 heteroatoms. The molecule has 2 nitrogen and oxygen atoms in total. The molecule has 0 aromatic heterocycles. The Morgan fingerprint density at radius 1 is 1.11 bits per heavy atom. The standard InChI is InChI=1S/C15H15ClFNO/c1-18(13-3-5-15(19-2)6-4-13)14-8-11(10-16)7-12(17)9-14/h3-9H,10H2,1-2H3. The third-order valence-electron chi connectivity index (χ3n) is 2.94. The van der Waals surface area contributed by atoms with Gasteiger partial charge in [-0.05, 0) is 48.0 Å². The highest BCUT2D eigenvalue weighted by molar-refractivity contribution is 6.17. The summed E-state index contributed by atoms with van der Waals surface area (Å²) < 4.78 is 18.6. The van der Waals surface area contributed by atoms with Gasteiger partial charge < -0.3 is 9.64 Å². The van der Waals surface area contributed by atoms with Crippen LogP contribution in [0.5, 0.6) is 5.75 Å². The maximum absolute atomic E-state index is 13.5. The number of rotatable bonds is 4. The fraction of sp³-hybridized carbons (Fsp3) is 0.200. The van der Waals surface area contributed by atoms with Gasteiger partial charge >= 0.3 is 0 Å². The summed E-state index contributed by atoms with van der Waals surface area (Å²) in [4.78, 5) is 1.90. The van der Waals surface area contributed by atoms with Crippen molar-refractivity contribution in [3.8, 4) is 5.75 Å². The molecular weight excluding hydrogens is 265 g/mol. The van der Waals surface area contributed by atoms with Crippen molar-refractivity contribution >= 4 is 23.0 Å². The lowest BCUT2D eigenvalue weighted by Crippen LogP contribution is -2.10. The average Bonchev–Trinajstić information content (AvgIpc) is 2.46. The molecule has 0 aliphatic rings. The summed E-state index contributed by atoms with van der Waals surface area (Å²) in [6.45, 7) is 0. The Balaban J connectivity index is 2.31. The van der Waals surface area contributed by atoms with E-state index in [1.807, 2.05) is 42.3 Å². The first-order valence-electron chi connectivity index (χ1n) is 5.87. The zero-order valence-corrected chi connectivity index (χ0v) is 11.6. The summed E-state index contributed by atoms with van der Waals surface area (Å²) in [5.41, 5.74) is 2.48. The van der Waals surface area contributed by atoms with Crippen LogP contribution < -0.4 is 9.64 Å². The van der Waals surface area contributed by atoms with E-state index in [1.54, 1.807) is 7.11 Å². The Bertz CT molecular complexity index is 557. The van der Waals surface area contributed by atoms with Crippen LogP contribution in [0.25, 0.3) is 0 Å². The third-order valence-corrected chi connectivity index (χ3v) is 3.25. The minimum atomic E-state index is -0.284. The molecule has 2 aromatic carbocycles. The number of ether oxygens (including phenoxy) is 1. The number of hydrogen-bond donors (Lipinski definition) is 0. The molecule has 19 heavy (non-hydrogen) atoms. The first kappa shape index (κ1) is 13.7. The molecule has 2 aromatic rings. The maximum Gasteiger partial charge on any atom is 0.125 e. The highest BCUT2D eigenvalue weighted by atomic mass is 35.5. The predicted octanol–water partition coefficient (Wildman–Crippen LogP) is 4.34. The second-order valence-corrected chi connectivity index (χ2v) is 4.48. The van der Waals surface area contributed by atoms with Crippen LogP contribution in [0.4, 0.5) is 15.8 Å². The van der Waals surface area contributed by atoms with Crippen LogP contribution in [0.3, 0.4) is 0 Å². The largest absolute Gasteiger partial charge is 0.497 e. The lowest BCUT2D eigenvalue weighted by molar-refractivity contribution is 0.415. The Morgan fingerprint density at radius 2 is 1.79 bits per heavy atom. The van der Waals surface area contributed by atoms with E-state index in [9.17, 15) is 4.39 Å². The minimum Gasteiger partial charge on any atom is -0.497 e. The Kier molecular flexibility index (Phi) is 4.27. The summed E-state index contributed by atoms with van der Waals surface area (Å²) in [6.07, 6.45) is 0. The molecule has 0 spiro atoms. The van der Waals surface area contributed by atoms with Gasteiger partial charge in [0.2, 0.25) is 0 Å².